The first-order chi connectivity index (χ1) is 23.3. The Bertz CT molecular complexity index is 2510. The van der Waals surface area contributed by atoms with Crippen LogP contribution in [-0.4, -0.2) is 14.8 Å². The highest BCUT2D eigenvalue weighted by Gasteiger charge is 2.18. The largest absolute Gasteiger partial charge is 0.416 e. The van der Waals surface area contributed by atoms with Gasteiger partial charge in [-0.3, -0.25) is 0 Å². The lowest BCUT2D eigenvalue weighted by atomic mass is 10.0. The molecule has 0 saturated heterocycles. The number of aromatic nitrogens is 3. The van der Waals surface area contributed by atoms with Gasteiger partial charge in [0.05, 0.1) is 11.0 Å². The van der Waals surface area contributed by atoms with Gasteiger partial charge in [0.2, 0.25) is 11.8 Å². The lowest BCUT2D eigenvalue weighted by Gasteiger charge is -2.25. The van der Waals surface area contributed by atoms with Crippen molar-refractivity contribution in [3.8, 4) is 28.6 Å². The van der Waals surface area contributed by atoms with E-state index in [-0.39, 0.29) is 0 Å². The van der Waals surface area contributed by atoms with Crippen molar-refractivity contribution in [1.82, 2.24) is 14.8 Å². The minimum Gasteiger partial charge on any atom is -0.416 e. The van der Waals surface area contributed by atoms with Crippen molar-refractivity contribution in [2.24, 2.45) is 0 Å². The summed E-state index contributed by atoms with van der Waals surface area (Å²) < 4.78 is 8.56. The fourth-order valence-electron chi connectivity index (χ4n) is 6.59. The Labute approximate surface area is 271 Å². The van der Waals surface area contributed by atoms with E-state index in [4.69, 9.17) is 4.42 Å². The molecule has 0 aliphatic carbocycles. The molecule has 0 unspecified atom stereocenters. The van der Waals surface area contributed by atoms with Gasteiger partial charge in [-0.15, -0.1) is 10.2 Å². The zero-order valence-corrected chi connectivity index (χ0v) is 25.4. The molecule has 47 heavy (non-hydrogen) atoms. The normalized spacial score (nSPS) is 11.4. The number of anilines is 3. The minimum atomic E-state index is 0.487. The maximum atomic E-state index is 6.22. The van der Waals surface area contributed by atoms with Crippen molar-refractivity contribution in [3.05, 3.63) is 170 Å². The van der Waals surface area contributed by atoms with Gasteiger partial charge in [0.25, 0.3) is 0 Å². The smallest absolute Gasteiger partial charge is 0.248 e. The van der Waals surface area contributed by atoms with Crippen molar-refractivity contribution >= 4 is 49.6 Å². The molecular formula is C42H28N4O. The average Bonchev–Trinajstić information content (AvgIpc) is 3.76. The van der Waals surface area contributed by atoms with Crippen LogP contribution in [0.15, 0.2) is 174 Å². The van der Waals surface area contributed by atoms with E-state index in [2.05, 4.69) is 147 Å². The number of para-hydroxylation sites is 3. The van der Waals surface area contributed by atoms with Gasteiger partial charge in [-0.05, 0) is 89.6 Å². The topological polar surface area (TPSA) is 47.1 Å². The number of benzene rings is 7. The summed E-state index contributed by atoms with van der Waals surface area (Å²) >= 11 is 0. The Morgan fingerprint density at radius 2 is 1.06 bits per heavy atom. The van der Waals surface area contributed by atoms with E-state index in [0.29, 0.717) is 11.8 Å². The van der Waals surface area contributed by atoms with E-state index >= 15 is 0 Å². The number of nitrogens with zero attached hydrogens (tertiary/aromatic N) is 4. The lowest BCUT2D eigenvalue weighted by molar-refractivity contribution is 0.585. The van der Waals surface area contributed by atoms with Crippen LogP contribution in [-0.2, 0) is 0 Å². The molecule has 5 heteroatoms. The molecule has 5 nitrogen and oxygen atoms in total. The summed E-state index contributed by atoms with van der Waals surface area (Å²) in [5.74, 6) is 0.996. The van der Waals surface area contributed by atoms with Crippen molar-refractivity contribution in [1.29, 1.82) is 0 Å². The van der Waals surface area contributed by atoms with E-state index in [9.17, 15) is 0 Å². The van der Waals surface area contributed by atoms with E-state index < -0.39 is 0 Å². The maximum Gasteiger partial charge on any atom is 0.248 e. The SMILES string of the molecule is c1ccc(N(c2ccc(-c3nnc(-c4cccc5ccccc45)o3)cc2)c2ccc3c(c2)c2ccccc2n3-c2ccccc2)cc1. The summed E-state index contributed by atoms with van der Waals surface area (Å²) in [4.78, 5) is 2.28. The molecule has 0 radical (unpaired) electrons. The van der Waals surface area contributed by atoms with Crippen LogP contribution in [0, 0.1) is 0 Å². The zero-order valence-electron chi connectivity index (χ0n) is 25.4. The van der Waals surface area contributed by atoms with Gasteiger partial charge in [-0.1, -0.05) is 91.0 Å². The first-order valence-electron chi connectivity index (χ1n) is 15.7. The second-order valence-corrected chi connectivity index (χ2v) is 11.5. The molecule has 0 amide bonds. The highest BCUT2D eigenvalue weighted by Crippen LogP contribution is 2.40. The number of rotatable bonds is 6. The summed E-state index contributed by atoms with van der Waals surface area (Å²) in [6.45, 7) is 0. The van der Waals surface area contributed by atoms with Crippen molar-refractivity contribution in [3.63, 3.8) is 0 Å². The molecular weight excluding hydrogens is 576 g/mol. The lowest BCUT2D eigenvalue weighted by Crippen LogP contribution is -2.09. The molecule has 0 aliphatic rings. The van der Waals surface area contributed by atoms with Gasteiger partial charge in [0.15, 0.2) is 0 Å². The fourth-order valence-corrected chi connectivity index (χ4v) is 6.59. The molecule has 7 aromatic carbocycles. The summed E-state index contributed by atoms with van der Waals surface area (Å²) in [6.07, 6.45) is 0. The van der Waals surface area contributed by atoms with Crippen LogP contribution in [0.4, 0.5) is 17.1 Å². The summed E-state index contributed by atoms with van der Waals surface area (Å²) in [5, 5.41) is 13.5. The van der Waals surface area contributed by atoms with Crippen LogP contribution >= 0.6 is 0 Å². The molecule has 0 fully saturated rings. The fraction of sp³-hybridized carbons (Fsp3) is 0. The van der Waals surface area contributed by atoms with Crippen LogP contribution in [0.3, 0.4) is 0 Å². The Balaban J connectivity index is 1.12. The van der Waals surface area contributed by atoms with Gasteiger partial charge >= 0.3 is 0 Å². The standard InChI is InChI=1S/C42H28N4O/c1-3-14-31(15-4-1)45(34-26-27-40-38(28-34)36-19-9-10-21-39(36)46(40)32-16-5-2-6-17-32)33-24-22-30(23-25-33)41-43-44-42(47-41)37-20-11-13-29-12-7-8-18-35(29)37/h1-28H. The van der Waals surface area contributed by atoms with Crippen LogP contribution < -0.4 is 4.90 Å². The molecule has 0 atom stereocenters. The van der Waals surface area contributed by atoms with Crippen molar-refractivity contribution in [2.75, 3.05) is 4.90 Å². The van der Waals surface area contributed by atoms with Crippen LogP contribution in [0.1, 0.15) is 0 Å². The molecule has 2 aromatic heterocycles. The third kappa shape index (κ3) is 4.64. The number of hydrogen-bond acceptors (Lipinski definition) is 4. The molecule has 0 bridgehead atoms. The Morgan fingerprint density at radius 3 is 1.89 bits per heavy atom. The van der Waals surface area contributed by atoms with Gasteiger partial charge in [-0.25, -0.2) is 0 Å². The number of hydrogen-bond donors (Lipinski definition) is 0. The van der Waals surface area contributed by atoms with Crippen molar-refractivity contribution < 1.29 is 4.42 Å². The summed E-state index contributed by atoms with van der Waals surface area (Å²) in [6, 6.07) is 59.1. The van der Waals surface area contributed by atoms with Crippen molar-refractivity contribution in [2.45, 2.75) is 0 Å². The predicted octanol–water partition coefficient (Wildman–Crippen LogP) is 11.1. The van der Waals surface area contributed by atoms with E-state index in [1.165, 1.54) is 21.8 Å². The molecule has 0 N–H and O–H groups in total. The Kier molecular flexibility index (Phi) is 6.39. The van der Waals surface area contributed by atoms with Gasteiger partial charge < -0.3 is 13.9 Å². The van der Waals surface area contributed by atoms with E-state index in [1.54, 1.807) is 0 Å². The van der Waals surface area contributed by atoms with Crippen LogP contribution in [0.5, 0.6) is 0 Å². The average molecular weight is 605 g/mol. The first kappa shape index (κ1) is 26.9. The maximum absolute atomic E-state index is 6.22. The van der Waals surface area contributed by atoms with Crippen LogP contribution in [0.25, 0.3) is 61.2 Å². The molecule has 222 valence electrons. The quantitative estimate of drug-likeness (QED) is 0.189. The molecule has 2 heterocycles. The Morgan fingerprint density at radius 1 is 0.447 bits per heavy atom. The minimum absolute atomic E-state index is 0.487. The van der Waals surface area contributed by atoms with Crippen LogP contribution in [0.2, 0.25) is 0 Å². The second-order valence-electron chi connectivity index (χ2n) is 11.5. The van der Waals surface area contributed by atoms with E-state index in [1.807, 2.05) is 42.5 Å². The third-order valence-corrected chi connectivity index (χ3v) is 8.76. The monoisotopic (exact) mass is 604 g/mol. The highest BCUT2D eigenvalue weighted by atomic mass is 16.4. The third-order valence-electron chi connectivity index (χ3n) is 8.76. The predicted molar refractivity (Wildman–Crippen MR) is 192 cm³/mol. The summed E-state index contributed by atoms with van der Waals surface area (Å²) in [7, 11) is 0. The number of fused-ring (bicyclic) bond motifs is 4. The van der Waals surface area contributed by atoms with Gasteiger partial charge in [0, 0.05) is 44.6 Å². The van der Waals surface area contributed by atoms with E-state index in [0.717, 1.165) is 44.6 Å². The molecule has 0 aliphatic heterocycles. The Hall–Kier alpha value is -6.46. The molecule has 0 spiro atoms. The first-order valence-corrected chi connectivity index (χ1v) is 15.7. The zero-order chi connectivity index (χ0) is 31.2. The molecule has 9 aromatic rings. The van der Waals surface area contributed by atoms with Gasteiger partial charge in [0.1, 0.15) is 0 Å². The molecule has 0 saturated carbocycles. The second kappa shape index (κ2) is 11.2. The highest BCUT2D eigenvalue weighted by molar-refractivity contribution is 6.10. The van der Waals surface area contributed by atoms with Gasteiger partial charge in [-0.2, -0.15) is 0 Å². The summed E-state index contributed by atoms with van der Waals surface area (Å²) in [5.41, 5.74) is 8.46. The molecule has 9 rings (SSSR count).